The topological polar surface area (TPSA) is 54.6 Å². The van der Waals surface area contributed by atoms with Crippen molar-refractivity contribution in [2.45, 2.75) is 4.90 Å². The zero-order valence-corrected chi connectivity index (χ0v) is 13.0. The van der Waals surface area contributed by atoms with Gasteiger partial charge in [-0.2, -0.15) is 5.10 Å². The van der Waals surface area contributed by atoms with Gasteiger partial charge in [-0.05, 0) is 36.4 Å². The van der Waals surface area contributed by atoms with Gasteiger partial charge in [0.1, 0.15) is 0 Å². The molecular formula is C18H14N2O2S. The van der Waals surface area contributed by atoms with Gasteiger partial charge in [0.25, 0.3) is 5.78 Å². The maximum Gasteiger partial charge on any atom is 0.255 e. The van der Waals surface area contributed by atoms with Crippen molar-refractivity contribution < 1.29 is 9.21 Å². The largest absolute Gasteiger partial charge is 0.461 e. The van der Waals surface area contributed by atoms with Gasteiger partial charge < -0.3 is 4.42 Å². The molecule has 0 spiro atoms. The molecule has 0 aliphatic rings. The number of ketones is 1. The molecule has 2 aromatic carbocycles. The molecule has 0 atom stereocenters. The molecule has 0 fully saturated rings. The number of para-hydroxylation sites is 1. The Bertz CT molecular complexity index is 784. The van der Waals surface area contributed by atoms with Crippen molar-refractivity contribution in [3.05, 3.63) is 84.8 Å². The van der Waals surface area contributed by atoms with Crippen molar-refractivity contribution in [1.29, 1.82) is 0 Å². The predicted molar refractivity (Wildman–Crippen MR) is 92.8 cm³/mol. The molecule has 114 valence electrons. The highest BCUT2D eigenvalue weighted by atomic mass is 32.2. The summed E-state index contributed by atoms with van der Waals surface area (Å²) in [4.78, 5) is 13.5. The molecule has 0 bridgehead atoms. The normalized spacial score (nSPS) is 11.2. The van der Waals surface area contributed by atoms with E-state index < -0.39 is 0 Å². The lowest BCUT2D eigenvalue weighted by Gasteiger charge is -2.05. The minimum Gasteiger partial charge on any atom is -0.461 e. The number of benzene rings is 2. The lowest BCUT2D eigenvalue weighted by molar-refractivity contribution is 0.104. The smallest absolute Gasteiger partial charge is 0.255 e. The maximum atomic E-state index is 12.5. The Morgan fingerprint density at radius 3 is 2.26 bits per heavy atom. The molecule has 3 aromatic rings. The molecule has 23 heavy (non-hydrogen) atoms. The Morgan fingerprint density at radius 2 is 1.61 bits per heavy atom. The van der Waals surface area contributed by atoms with Gasteiger partial charge in [-0.1, -0.05) is 48.2 Å². The Morgan fingerprint density at radius 1 is 0.913 bits per heavy atom. The molecule has 3 rings (SSSR count). The Hall–Kier alpha value is -2.79. The summed E-state index contributed by atoms with van der Waals surface area (Å²) < 4.78 is 5.19. The van der Waals surface area contributed by atoms with Crippen LogP contribution >= 0.6 is 11.8 Å². The van der Waals surface area contributed by atoms with E-state index in [0.717, 1.165) is 10.6 Å². The summed E-state index contributed by atoms with van der Waals surface area (Å²) >= 11 is 1.29. The number of hydrogen-bond acceptors (Lipinski definition) is 5. The fourth-order valence-electron chi connectivity index (χ4n) is 1.86. The number of carbonyl (C=O) groups excluding carboxylic acids is 1. The van der Waals surface area contributed by atoms with Gasteiger partial charge in [-0.15, -0.1) is 0 Å². The fraction of sp³-hybridized carbons (Fsp3) is 0. The lowest BCUT2D eigenvalue weighted by atomic mass is 10.3. The van der Waals surface area contributed by atoms with Crippen LogP contribution in [0.3, 0.4) is 0 Å². The number of hydrogen-bond donors (Lipinski definition) is 1. The third-order valence-corrected chi connectivity index (χ3v) is 3.94. The van der Waals surface area contributed by atoms with Crippen LogP contribution in [0.25, 0.3) is 0 Å². The van der Waals surface area contributed by atoms with Crippen LogP contribution in [0.1, 0.15) is 10.6 Å². The van der Waals surface area contributed by atoms with E-state index in [1.54, 1.807) is 12.1 Å². The van der Waals surface area contributed by atoms with Crippen LogP contribution in [0.5, 0.6) is 0 Å². The van der Waals surface area contributed by atoms with Crippen molar-refractivity contribution in [2.24, 2.45) is 5.10 Å². The second-order valence-corrected chi connectivity index (χ2v) is 5.68. The molecule has 5 heteroatoms. The number of anilines is 1. The van der Waals surface area contributed by atoms with E-state index in [2.05, 4.69) is 10.5 Å². The number of hydrazone groups is 1. The molecular weight excluding hydrogens is 308 g/mol. The number of thioether (sulfide) groups is 1. The van der Waals surface area contributed by atoms with Crippen LogP contribution in [0.2, 0.25) is 0 Å². The second kappa shape index (κ2) is 7.47. The molecule has 0 radical (unpaired) electrons. The monoisotopic (exact) mass is 322 g/mol. The third-order valence-electron chi connectivity index (χ3n) is 2.96. The molecule has 1 aromatic heterocycles. The van der Waals surface area contributed by atoms with E-state index in [1.165, 1.54) is 18.0 Å². The maximum absolute atomic E-state index is 12.5. The quantitative estimate of drug-likeness (QED) is 0.244. The van der Waals surface area contributed by atoms with E-state index in [-0.39, 0.29) is 11.5 Å². The molecule has 4 nitrogen and oxygen atoms in total. The number of carbonyl (C=O) groups is 1. The summed E-state index contributed by atoms with van der Waals surface area (Å²) in [7, 11) is 0. The minimum absolute atomic E-state index is 0.257. The number of Topliss-reactive ketones (excluding diaryl/α,β-unsaturated/α-hetero) is 1. The SMILES string of the molecule is O=C(/C(=N\Nc1ccccc1)Sc1ccccc1)c1ccco1. The molecule has 0 aliphatic carbocycles. The summed E-state index contributed by atoms with van der Waals surface area (Å²) in [6.07, 6.45) is 1.47. The van der Waals surface area contributed by atoms with Gasteiger partial charge in [0, 0.05) is 4.90 Å². The minimum atomic E-state index is -0.257. The summed E-state index contributed by atoms with van der Waals surface area (Å²) in [5.41, 5.74) is 3.72. The van der Waals surface area contributed by atoms with Crippen LogP contribution in [-0.4, -0.2) is 10.8 Å². The van der Waals surface area contributed by atoms with Gasteiger partial charge in [-0.3, -0.25) is 10.2 Å². The van der Waals surface area contributed by atoms with Crippen molar-refractivity contribution in [2.75, 3.05) is 5.43 Å². The van der Waals surface area contributed by atoms with Crippen LogP contribution in [0.4, 0.5) is 5.69 Å². The Balaban J connectivity index is 1.85. The van der Waals surface area contributed by atoms with Gasteiger partial charge in [-0.25, -0.2) is 0 Å². The highest BCUT2D eigenvalue weighted by Gasteiger charge is 2.18. The predicted octanol–water partition coefficient (Wildman–Crippen LogP) is 4.68. The second-order valence-electron chi connectivity index (χ2n) is 4.62. The summed E-state index contributed by atoms with van der Waals surface area (Å²) in [6, 6.07) is 22.4. The van der Waals surface area contributed by atoms with Crippen molar-refractivity contribution in [3.8, 4) is 0 Å². The van der Waals surface area contributed by atoms with Crippen molar-refractivity contribution >= 4 is 28.3 Å². The average Bonchev–Trinajstić information content (AvgIpc) is 3.14. The average molecular weight is 322 g/mol. The highest BCUT2D eigenvalue weighted by molar-refractivity contribution is 8.15. The van der Waals surface area contributed by atoms with Crippen LogP contribution in [0, 0.1) is 0 Å². The Labute approximate surface area is 138 Å². The van der Waals surface area contributed by atoms with Gasteiger partial charge in [0.15, 0.2) is 10.8 Å². The van der Waals surface area contributed by atoms with E-state index in [1.807, 2.05) is 60.7 Å². The summed E-state index contributed by atoms with van der Waals surface area (Å²) in [5.74, 6) is 0.00864. The first-order valence-corrected chi connectivity index (χ1v) is 7.84. The summed E-state index contributed by atoms with van der Waals surface area (Å²) in [5, 5.41) is 4.58. The first kappa shape index (κ1) is 15.1. The standard InChI is InChI=1S/C18H14N2O2S/c21-17(16-12-7-13-22-16)18(23-15-10-5-2-6-11-15)20-19-14-8-3-1-4-9-14/h1-13,19H/b20-18+. The van der Waals surface area contributed by atoms with E-state index >= 15 is 0 Å². The van der Waals surface area contributed by atoms with Crippen molar-refractivity contribution in [3.63, 3.8) is 0 Å². The molecule has 0 saturated heterocycles. The number of furan rings is 1. The Kier molecular flexibility index (Phi) is 4.91. The fourth-order valence-corrected chi connectivity index (χ4v) is 2.66. The first-order valence-electron chi connectivity index (χ1n) is 7.03. The zero-order valence-electron chi connectivity index (χ0n) is 12.2. The van der Waals surface area contributed by atoms with Gasteiger partial charge in [0.2, 0.25) is 0 Å². The summed E-state index contributed by atoms with van der Waals surface area (Å²) in [6.45, 7) is 0. The van der Waals surface area contributed by atoms with E-state index in [0.29, 0.717) is 5.04 Å². The zero-order chi connectivity index (χ0) is 15.9. The molecule has 0 saturated carbocycles. The van der Waals surface area contributed by atoms with Crippen LogP contribution in [0.15, 0.2) is 93.5 Å². The molecule has 1 heterocycles. The van der Waals surface area contributed by atoms with Crippen LogP contribution in [-0.2, 0) is 0 Å². The number of nitrogens with one attached hydrogen (secondary N) is 1. The van der Waals surface area contributed by atoms with E-state index in [4.69, 9.17) is 4.42 Å². The molecule has 0 aliphatic heterocycles. The van der Waals surface area contributed by atoms with Crippen LogP contribution < -0.4 is 5.43 Å². The third kappa shape index (κ3) is 4.11. The highest BCUT2D eigenvalue weighted by Crippen LogP contribution is 2.22. The lowest BCUT2D eigenvalue weighted by Crippen LogP contribution is -2.12. The van der Waals surface area contributed by atoms with Gasteiger partial charge in [0.05, 0.1) is 12.0 Å². The van der Waals surface area contributed by atoms with E-state index in [9.17, 15) is 4.79 Å². The molecule has 0 unspecified atom stereocenters. The number of rotatable bonds is 5. The molecule has 0 amide bonds. The number of nitrogens with zero attached hydrogens (tertiary/aromatic N) is 1. The van der Waals surface area contributed by atoms with Gasteiger partial charge >= 0.3 is 0 Å². The van der Waals surface area contributed by atoms with Crippen molar-refractivity contribution in [1.82, 2.24) is 0 Å². The first-order chi connectivity index (χ1) is 11.3. The molecule has 1 N–H and O–H groups in total.